The van der Waals surface area contributed by atoms with Gasteiger partial charge < -0.3 is 31.5 Å². The molecule has 1 amide bonds. The van der Waals surface area contributed by atoms with Crippen LogP contribution in [0.15, 0.2) is 45.2 Å². The zero-order chi connectivity index (χ0) is 24.8. The number of pyridine rings is 1. The second-order valence-electron chi connectivity index (χ2n) is 6.74. The van der Waals surface area contributed by atoms with Gasteiger partial charge in [-0.3, -0.25) is 18.9 Å². The molecule has 0 saturated carbocycles. The second kappa shape index (κ2) is 10.6. The number of aryl methyl sites for hydroxylation is 1. The van der Waals surface area contributed by atoms with E-state index in [1.165, 1.54) is 44.6 Å². The zero-order valence-corrected chi connectivity index (χ0v) is 19.1. The van der Waals surface area contributed by atoms with Gasteiger partial charge in [0.1, 0.15) is 18.3 Å². The highest BCUT2D eigenvalue weighted by atomic mass is 32.2. The van der Waals surface area contributed by atoms with E-state index < -0.39 is 27.5 Å². The number of amides is 1. The Labute approximate surface area is 190 Å². The van der Waals surface area contributed by atoms with Crippen LogP contribution >= 0.6 is 0 Å². The van der Waals surface area contributed by atoms with Crippen molar-refractivity contribution in [2.75, 3.05) is 25.5 Å². The van der Waals surface area contributed by atoms with Crippen LogP contribution in [-0.4, -0.2) is 45.7 Å². The molecule has 180 valence electrons. The van der Waals surface area contributed by atoms with Crippen molar-refractivity contribution in [2.45, 2.75) is 24.3 Å². The van der Waals surface area contributed by atoms with Crippen LogP contribution in [0.25, 0.3) is 0 Å². The molecule has 33 heavy (non-hydrogen) atoms. The van der Waals surface area contributed by atoms with Crippen molar-refractivity contribution in [3.63, 3.8) is 0 Å². The molecule has 1 heterocycles. The van der Waals surface area contributed by atoms with Crippen LogP contribution in [-0.2, 0) is 19.7 Å². The molecule has 7 N–H and O–H groups in total. The summed E-state index contributed by atoms with van der Waals surface area (Å²) in [6, 6.07) is 5.59. The minimum Gasteiger partial charge on any atom is -0.493 e. The van der Waals surface area contributed by atoms with E-state index in [9.17, 15) is 18.0 Å². The van der Waals surface area contributed by atoms with Crippen molar-refractivity contribution < 1.29 is 27.5 Å². The van der Waals surface area contributed by atoms with Gasteiger partial charge in [-0.2, -0.15) is 0 Å². The van der Waals surface area contributed by atoms with Gasteiger partial charge in [-0.15, -0.1) is 0 Å². The van der Waals surface area contributed by atoms with Crippen LogP contribution < -0.4 is 37.0 Å². The Hall–Kier alpha value is -3.94. The Bertz CT molecular complexity index is 1210. The SMILES string of the molecule is COc1ccc(S(=O)(=O)Nc2ccc(C)n(C(CCON=C(N)N)C(N)=O)c2=O)cc1OC. The van der Waals surface area contributed by atoms with E-state index in [2.05, 4.69) is 9.88 Å². The third-order valence-electron chi connectivity index (χ3n) is 4.52. The van der Waals surface area contributed by atoms with E-state index in [0.717, 1.165) is 4.57 Å². The Morgan fingerprint density at radius 3 is 2.36 bits per heavy atom. The van der Waals surface area contributed by atoms with Crippen molar-refractivity contribution in [1.29, 1.82) is 0 Å². The first-order valence-electron chi connectivity index (χ1n) is 9.49. The van der Waals surface area contributed by atoms with Gasteiger partial charge in [0.05, 0.1) is 19.1 Å². The average Bonchev–Trinajstić information content (AvgIpc) is 2.76. The quantitative estimate of drug-likeness (QED) is 0.142. The Kier molecular flexibility index (Phi) is 8.12. The molecule has 0 saturated heterocycles. The third kappa shape index (κ3) is 6.06. The topological polar surface area (TPSA) is 203 Å². The summed E-state index contributed by atoms with van der Waals surface area (Å²) in [5.74, 6) is -0.614. The van der Waals surface area contributed by atoms with E-state index in [0.29, 0.717) is 11.4 Å². The summed E-state index contributed by atoms with van der Waals surface area (Å²) in [6.45, 7) is 1.44. The molecule has 1 aromatic heterocycles. The van der Waals surface area contributed by atoms with E-state index in [4.69, 9.17) is 31.5 Å². The first-order chi connectivity index (χ1) is 15.5. The number of guanidine groups is 1. The molecule has 0 aliphatic rings. The molecule has 13 nitrogen and oxygen atoms in total. The van der Waals surface area contributed by atoms with Crippen molar-refractivity contribution in [3.8, 4) is 11.5 Å². The molecule has 0 bridgehead atoms. The highest BCUT2D eigenvalue weighted by Gasteiger charge is 2.24. The molecular formula is C19H26N6O7S. The molecular weight excluding hydrogens is 456 g/mol. The van der Waals surface area contributed by atoms with Gasteiger partial charge in [0.25, 0.3) is 15.6 Å². The molecule has 0 fully saturated rings. The fourth-order valence-electron chi connectivity index (χ4n) is 2.98. The van der Waals surface area contributed by atoms with Gasteiger partial charge in [-0.1, -0.05) is 0 Å². The van der Waals surface area contributed by atoms with Crippen LogP contribution in [0.1, 0.15) is 18.2 Å². The van der Waals surface area contributed by atoms with Crippen LogP contribution in [0.3, 0.4) is 0 Å². The molecule has 0 spiro atoms. The maximum absolute atomic E-state index is 13.1. The number of hydrogen-bond donors (Lipinski definition) is 4. The largest absolute Gasteiger partial charge is 0.493 e. The highest BCUT2D eigenvalue weighted by molar-refractivity contribution is 7.92. The van der Waals surface area contributed by atoms with Crippen LogP contribution in [0, 0.1) is 6.92 Å². The number of nitrogens with zero attached hydrogens (tertiary/aromatic N) is 2. The fraction of sp³-hybridized carbons (Fsp3) is 0.316. The molecule has 0 radical (unpaired) electrons. The summed E-state index contributed by atoms with van der Waals surface area (Å²) in [6.07, 6.45) is -0.0429. The standard InChI is InChI=1S/C19H26N6O7S/c1-11-4-6-13(18(27)25(11)14(17(20)26)8-9-32-23-19(21)22)24-33(28,29)12-5-7-15(30-2)16(10-12)31-3/h4-7,10,14,24H,8-9H2,1-3H3,(H2,20,26)(H4,21,22,23). The van der Waals surface area contributed by atoms with E-state index in [1.807, 2.05) is 0 Å². The van der Waals surface area contributed by atoms with Gasteiger partial charge in [0.2, 0.25) is 11.9 Å². The number of anilines is 1. The minimum absolute atomic E-state index is 0.0429. The number of carbonyl (C=O) groups excluding carboxylic acids is 1. The number of oxime groups is 1. The number of primary amides is 1. The highest BCUT2D eigenvalue weighted by Crippen LogP contribution is 2.30. The van der Waals surface area contributed by atoms with E-state index >= 15 is 0 Å². The molecule has 1 aromatic carbocycles. The van der Waals surface area contributed by atoms with Gasteiger partial charge in [-0.05, 0) is 36.3 Å². The normalized spacial score (nSPS) is 11.8. The molecule has 1 unspecified atom stereocenters. The summed E-state index contributed by atoms with van der Waals surface area (Å²) in [4.78, 5) is 29.8. The lowest BCUT2D eigenvalue weighted by atomic mass is 10.1. The van der Waals surface area contributed by atoms with E-state index in [1.54, 1.807) is 6.92 Å². The van der Waals surface area contributed by atoms with E-state index in [-0.39, 0.29) is 35.3 Å². The lowest BCUT2D eigenvalue weighted by Gasteiger charge is -2.20. The molecule has 1 atom stereocenters. The average molecular weight is 483 g/mol. The Morgan fingerprint density at radius 2 is 1.79 bits per heavy atom. The van der Waals surface area contributed by atoms with Gasteiger partial charge in [-0.25, -0.2) is 8.42 Å². The third-order valence-corrected chi connectivity index (χ3v) is 5.89. The number of aromatic nitrogens is 1. The monoisotopic (exact) mass is 482 g/mol. The Balaban J connectivity index is 2.41. The second-order valence-corrected chi connectivity index (χ2v) is 8.42. The van der Waals surface area contributed by atoms with Gasteiger partial charge >= 0.3 is 0 Å². The maximum atomic E-state index is 13.1. The number of carbonyl (C=O) groups is 1. The Morgan fingerprint density at radius 1 is 1.12 bits per heavy atom. The minimum atomic E-state index is -4.18. The molecule has 14 heteroatoms. The molecule has 2 rings (SSSR count). The molecule has 0 aliphatic carbocycles. The summed E-state index contributed by atoms with van der Waals surface area (Å²) in [5.41, 5.74) is 15.1. The predicted octanol–water partition coefficient (Wildman–Crippen LogP) is -0.404. The van der Waals surface area contributed by atoms with Crippen molar-refractivity contribution in [1.82, 2.24) is 4.57 Å². The van der Waals surface area contributed by atoms with Crippen LogP contribution in [0.4, 0.5) is 5.69 Å². The smallest absolute Gasteiger partial charge is 0.275 e. The summed E-state index contributed by atoms with van der Waals surface area (Å²) in [5, 5.41) is 3.34. The number of ether oxygens (including phenoxy) is 2. The van der Waals surface area contributed by atoms with Crippen molar-refractivity contribution >= 4 is 27.6 Å². The zero-order valence-electron chi connectivity index (χ0n) is 18.3. The number of nitrogens with one attached hydrogen (secondary N) is 1. The fourth-order valence-corrected chi connectivity index (χ4v) is 4.05. The summed E-state index contributed by atoms with van der Waals surface area (Å²) in [7, 11) is -1.41. The lowest BCUT2D eigenvalue weighted by Crippen LogP contribution is -2.37. The van der Waals surface area contributed by atoms with Crippen molar-refractivity contribution in [2.24, 2.45) is 22.4 Å². The molecule has 0 aliphatic heterocycles. The number of sulfonamides is 1. The predicted molar refractivity (Wildman–Crippen MR) is 120 cm³/mol. The number of rotatable bonds is 11. The van der Waals surface area contributed by atoms with Crippen molar-refractivity contribution in [3.05, 3.63) is 46.4 Å². The van der Waals surface area contributed by atoms with Crippen LogP contribution in [0.2, 0.25) is 0 Å². The van der Waals surface area contributed by atoms with Crippen LogP contribution in [0.5, 0.6) is 11.5 Å². The number of nitrogens with two attached hydrogens (primary N) is 3. The van der Waals surface area contributed by atoms with Gasteiger partial charge in [0, 0.05) is 18.2 Å². The first-order valence-corrected chi connectivity index (χ1v) is 11.0. The van der Waals surface area contributed by atoms with Gasteiger partial charge in [0.15, 0.2) is 11.5 Å². The lowest BCUT2D eigenvalue weighted by molar-refractivity contribution is -0.121. The molecule has 2 aromatic rings. The number of benzene rings is 1. The summed E-state index contributed by atoms with van der Waals surface area (Å²) >= 11 is 0. The summed E-state index contributed by atoms with van der Waals surface area (Å²) < 4.78 is 39.3. The number of methoxy groups -OCH3 is 2. The number of hydrogen-bond acceptors (Lipinski definition) is 8. The maximum Gasteiger partial charge on any atom is 0.275 e. The first kappa shape index (κ1) is 25.3.